The number of methoxy groups -OCH3 is 1. The van der Waals surface area contributed by atoms with Gasteiger partial charge >= 0.3 is 0 Å². The summed E-state index contributed by atoms with van der Waals surface area (Å²) < 4.78 is 7.23. The van der Waals surface area contributed by atoms with E-state index in [0.717, 1.165) is 36.6 Å². The predicted octanol–water partition coefficient (Wildman–Crippen LogP) is 2.18. The van der Waals surface area contributed by atoms with Crippen LogP contribution >= 0.6 is 0 Å². The van der Waals surface area contributed by atoms with Crippen molar-refractivity contribution in [3.63, 3.8) is 0 Å². The molecule has 2 aromatic heterocycles. The third-order valence-electron chi connectivity index (χ3n) is 4.02. The number of ether oxygens (including phenoxy) is 1. The summed E-state index contributed by atoms with van der Waals surface area (Å²) in [5.41, 5.74) is 2.24. The average Bonchev–Trinajstić information content (AvgIpc) is 3.09. The zero-order chi connectivity index (χ0) is 15.0. The maximum absolute atomic E-state index is 5.38. The first-order chi connectivity index (χ1) is 10.1. The predicted molar refractivity (Wildman–Crippen MR) is 80.6 cm³/mol. The molecule has 0 amide bonds. The van der Waals surface area contributed by atoms with Gasteiger partial charge in [0.2, 0.25) is 5.88 Å². The molecule has 1 saturated heterocycles. The fourth-order valence-corrected chi connectivity index (χ4v) is 3.05. The van der Waals surface area contributed by atoms with Gasteiger partial charge in [-0.1, -0.05) is 0 Å². The Labute approximate surface area is 124 Å². The van der Waals surface area contributed by atoms with Gasteiger partial charge in [0.1, 0.15) is 11.6 Å². The van der Waals surface area contributed by atoms with Gasteiger partial charge in [-0.25, -0.2) is 4.98 Å². The minimum Gasteiger partial charge on any atom is -0.481 e. The van der Waals surface area contributed by atoms with Crippen LogP contribution in [0, 0.1) is 13.8 Å². The fraction of sp³-hybridized carbons (Fsp3) is 0.533. The number of hydrogen-bond donors (Lipinski definition) is 0. The van der Waals surface area contributed by atoms with Crippen molar-refractivity contribution in [1.29, 1.82) is 0 Å². The first-order valence-corrected chi connectivity index (χ1v) is 7.24. The van der Waals surface area contributed by atoms with Crippen LogP contribution in [0.5, 0.6) is 5.88 Å². The molecule has 0 bridgehead atoms. The molecule has 6 heteroatoms. The molecule has 3 rings (SSSR count). The highest BCUT2D eigenvalue weighted by molar-refractivity contribution is 5.53. The first-order valence-electron chi connectivity index (χ1n) is 7.24. The van der Waals surface area contributed by atoms with Crippen molar-refractivity contribution in [2.45, 2.75) is 32.7 Å². The van der Waals surface area contributed by atoms with Crippen molar-refractivity contribution in [3.05, 3.63) is 29.3 Å². The Bertz CT molecular complexity index is 652. The van der Waals surface area contributed by atoms with Gasteiger partial charge in [-0.2, -0.15) is 10.1 Å². The van der Waals surface area contributed by atoms with E-state index in [9.17, 15) is 0 Å². The number of rotatable bonds is 3. The quantitative estimate of drug-likeness (QED) is 0.866. The van der Waals surface area contributed by atoms with E-state index in [4.69, 9.17) is 4.74 Å². The topological polar surface area (TPSA) is 56.1 Å². The molecule has 0 spiro atoms. The van der Waals surface area contributed by atoms with E-state index in [1.54, 1.807) is 7.11 Å². The highest BCUT2D eigenvalue weighted by atomic mass is 16.5. The summed E-state index contributed by atoms with van der Waals surface area (Å²) in [6.07, 6.45) is 6.31. The van der Waals surface area contributed by atoms with Crippen LogP contribution in [0.15, 0.2) is 12.4 Å². The molecule has 0 aliphatic carbocycles. The molecule has 1 aliphatic heterocycles. The monoisotopic (exact) mass is 287 g/mol. The zero-order valence-electron chi connectivity index (χ0n) is 13.0. The van der Waals surface area contributed by atoms with Crippen molar-refractivity contribution in [1.82, 2.24) is 19.7 Å². The third kappa shape index (κ3) is 2.46. The summed E-state index contributed by atoms with van der Waals surface area (Å²) in [4.78, 5) is 11.4. The van der Waals surface area contributed by atoms with E-state index >= 15 is 0 Å². The molecule has 1 atom stereocenters. The highest BCUT2D eigenvalue weighted by Crippen LogP contribution is 2.38. The number of aryl methyl sites for hydroxylation is 2. The molecule has 1 fully saturated rings. The van der Waals surface area contributed by atoms with Gasteiger partial charge in [0.05, 0.1) is 24.9 Å². The molecule has 3 heterocycles. The maximum atomic E-state index is 5.38. The number of anilines is 1. The molecule has 112 valence electrons. The van der Waals surface area contributed by atoms with E-state index in [-0.39, 0.29) is 0 Å². The lowest BCUT2D eigenvalue weighted by Crippen LogP contribution is -2.25. The van der Waals surface area contributed by atoms with Crippen molar-refractivity contribution in [2.24, 2.45) is 7.05 Å². The molecule has 2 aromatic rings. The maximum Gasteiger partial charge on any atom is 0.221 e. The van der Waals surface area contributed by atoms with Crippen LogP contribution in [-0.4, -0.2) is 33.4 Å². The Hall–Kier alpha value is -2.11. The Morgan fingerprint density at radius 3 is 2.76 bits per heavy atom. The number of aromatic nitrogens is 4. The van der Waals surface area contributed by atoms with E-state index in [1.807, 2.05) is 31.8 Å². The Kier molecular flexibility index (Phi) is 3.53. The van der Waals surface area contributed by atoms with Crippen molar-refractivity contribution >= 4 is 5.82 Å². The zero-order valence-corrected chi connectivity index (χ0v) is 13.0. The molecule has 0 aromatic carbocycles. The molecule has 6 nitrogen and oxygen atoms in total. The van der Waals surface area contributed by atoms with Gasteiger partial charge in [0, 0.05) is 25.4 Å². The van der Waals surface area contributed by atoms with Crippen molar-refractivity contribution in [2.75, 3.05) is 18.6 Å². The molecule has 0 saturated carbocycles. The Morgan fingerprint density at radius 1 is 1.29 bits per heavy atom. The van der Waals surface area contributed by atoms with E-state index in [2.05, 4.69) is 26.2 Å². The van der Waals surface area contributed by atoms with Crippen molar-refractivity contribution in [3.8, 4) is 5.88 Å². The molecule has 21 heavy (non-hydrogen) atoms. The largest absolute Gasteiger partial charge is 0.481 e. The molecule has 1 aliphatic rings. The Balaban J connectivity index is 2.01. The van der Waals surface area contributed by atoms with Crippen LogP contribution in [0.25, 0.3) is 0 Å². The summed E-state index contributed by atoms with van der Waals surface area (Å²) in [7, 11) is 3.60. The van der Waals surface area contributed by atoms with E-state index in [1.165, 1.54) is 5.56 Å². The van der Waals surface area contributed by atoms with Crippen LogP contribution in [0.1, 0.15) is 35.8 Å². The van der Waals surface area contributed by atoms with Crippen LogP contribution in [0.4, 0.5) is 5.82 Å². The smallest absolute Gasteiger partial charge is 0.221 e. The molecular weight excluding hydrogens is 266 g/mol. The fourth-order valence-electron chi connectivity index (χ4n) is 3.05. The average molecular weight is 287 g/mol. The summed E-state index contributed by atoms with van der Waals surface area (Å²) >= 11 is 0. The summed E-state index contributed by atoms with van der Waals surface area (Å²) in [6, 6.07) is 0.330. The van der Waals surface area contributed by atoms with Gasteiger partial charge in [0.15, 0.2) is 0 Å². The van der Waals surface area contributed by atoms with Crippen LogP contribution in [0.2, 0.25) is 0 Å². The summed E-state index contributed by atoms with van der Waals surface area (Å²) in [6.45, 7) is 4.92. The summed E-state index contributed by atoms with van der Waals surface area (Å²) in [5, 5.41) is 4.30. The minimum absolute atomic E-state index is 0.330. The lowest BCUT2D eigenvalue weighted by atomic mass is 10.1. The molecule has 0 N–H and O–H groups in total. The van der Waals surface area contributed by atoms with Gasteiger partial charge < -0.3 is 9.64 Å². The lowest BCUT2D eigenvalue weighted by molar-refractivity contribution is 0.392. The van der Waals surface area contributed by atoms with E-state index in [0.29, 0.717) is 11.9 Å². The van der Waals surface area contributed by atoms with Gasteiger partial charge in [-0.3, -0.25) is 4.68 Å². The number of hydrogen-bond acceptors (Lipinski definition) is 5. The second-order valence-electron chi connectivity index (χ2n) is 5.53. The summed E-state index contributed by atoms with van der Waals surface area (Å²) in [5.74, 6) is 2.38. The second kappa shape index (κ2) is 5.35. The van der Waals surface area contributed by atoms with Gasteiger partial charge in [-0.15, -0.1) is 0 Å². The van der Waals surface area contributed by atoms with E-state index < -0.39 is 0 Å². The van der Waals surface area contributed by atoms with Gasteiger partial charge in [-0.05, 0) is 26.7 Å². The van der Waals surface area contributed by atoms with Crippen LogP contribution in [-0.2, 0) is 7.05 Å². The molecular formula is C15H21N5O. The third-order valence-corrected chi connectivity index (χ3v) is 4.02. The Morgan fingerprint density at radius 2 is 2.10 bits per heavy atom. The van der Waals surface area contributed by atoms with Crippen molar-refractivity contribution < 1.29 is 4.74 Å². The SMILES string of the molecule is COc1nc(C)nc(N2CCCC2c2cnn(C)c2)c1C. The molecule has 1 unspecified atom stereocenters. The second-order valence-corrected chi connectivity index (χ2v) is 5.53. The normalized spacial score (nSPS) is 18.3. The van der Waals surface area contributed by atoms with Gasteiger partial charge in [0.25, 0.3) is 0 Å². The standard InChI is InChI=1S/C15H21N5O/c1-10-14(17-11(2)18-15(10)21-4)20-7-5-6-13(20)12-8-16-19(3)9-12/h8-9,13H,5-7H2,1-4H3. The minimum atomic E-state index is 0.330. The molecule has 0 radical (unpaired) electrons. The highest BCUT2D eigenvalue weighted by Gasteiger charge is 2.30. The first kappa shape index (κ1) is 13.9. The number of nitrogens with zero attached hydrogens (tertiary/aromatic N) is 5. The lowest BCUT2D eigenvalue weighted by Gasteiger charge is -2.27. The van der Waals surface area contributed by atoms with Crippen LogP contribution in [0.3, 0.4) is 0 Å². The van der Waals surface area contributed by atoms with Crippen LogP contribution < -0.4 is 9.64 Å².